The summed E-state index contributed by atoms with van der Waals surface area (Å²) in [6.07, 6.45) is -5.99. The Balaban J connectivity index is 2.36. The second-order valence-corrected chi connectivity index (χ2v) is 4.79. The lowest BCUT2D eigenvalue weighted by molar-refractivity contribution is -0.144. The molecule has 1 rings (SSSR count). The van der Waals surface area contributed by atoms with E-state index >= 15 is 0 Å². The molecule has 104 valence electrons. The fraction of sp³-hybridized carbons (Fsp3) is 0.417. The van der Waals surface area contributed by atoms with Crippen molar-refractivity contribution in [2.24, 2.45) is 0 Å². The first-order valence-corrected chi connectivity index (χ1v) is 6.24. The number of rotatable bonds is 4. The van der Waals surface area contributed by atoms with Crippen molar-refractivity contribution in [3.8, 4) is 11.8 Å². The van der Waals surface area contributed by atoms with Crippen LogP contribution < -0.4 is 5.32 Å². The fourth-order valence-electron chi connectivity index (χ4n) is 1.20. The van der Waals surface area contributed by atoms with E-state index in [1.807, 2.05) is 0 Å². The first-order valence-electron chi connectivity index (χ1n) is 5.42. The van der Waals surface area contributed by atoms with Gasteiger partial charge < -0.3 is 10.4 Å². The molecule has 0 aliphatic carbocycles. The molecule has 0 spiro atoms. The Morgan fingerprint density at radius 3 is 2.79 bits per heavy atom. The summed E-state index contributed by atoms with van der Waals surface area (Å²) >= 11 is 1.32. The molecule has 1 amide bonds. The number of aliphatic hydroxyl groups excluding tert-OH is 1. The first kappa shape index (κ1) is 15.5. The summed E-state index contributed by atoms with van der Waals surface area (Å²) in [4.78, 5) is 12.7. The highest BCUT2D eigenvalue weighted by Gasteiger charge is 2.27. The van der Waals surface area contributed by atoms with Crippen molar-refractivity contribution in [2.45, 2.75) is 25.6 Å². The second-order valence-electron chi connectivity index (χ2n) is 3.62. The molecule has 7 heteroatoms. The van der Waals surface area contributed by atoms with Crippen LogP contribution in [0.3, 0.4) is 0 Å². The number of nitrogens with one attached hydrogen (secondary N) is 1. The summed E-state index contributed by atoms with van der Waals surface area (Å²) in [5, 5.41) is 10.9. The highest BCUT2D eigenvalue weighted by Crippen LogP contribution is 2.21. The molecule has 1 aromatic rings. The summed E-state index contributed by atoms with van der Waals surface area (Å²) in [5.41, 5.74) is 0. The molecule has 0 aromatic carbocycles. The largest absolute Gasteiger partial charge is 0.389 e. The van der Waals surface area contributed by atoms with Crippen molar-refractivity contribution < 1.29 is 23.1 Å². The van der Waals surface area contributed by atoms with Gasteiger partial charge in [0, 0.05) is 11.3 Å². The minimum atomic E-state index is -4.31. The summed E-state index contributed by atoms with van der Waals surface area (Å²) < 4.78 is 35.7. The van der Waals surface area contributed by atoms with E-state index in [-0.39, 0.29) is 13.2 Å². The van der Waals surface area contributed by atoms with Crippen molar-refractivity contribution >= 4 is 17.2 Å². The van der Waals surface area contributed by atoms with Crippen LogP contribution >= 0.6 is 11.3 Å². The molecular weight excluding hydrogens is 279 g/mol. The van der Waals surface area contributed by atoms with E-state index in [1.54, 1.807) is 12.1 Å². The highest BCUT2D eigenvalue weighted by atomic mass is 32.1. The van der Waals surface area contributed by atoms with Crippen LogP contribution in [0.4, 0.5) is 13.2 Å². The van der Waals surface area contributed by atoms with Gasteiger partial charge >= 0.3 is 6.18 Å². The molecule has 19 heavy (non-hydrogen) atoms. The van der Waals surface area contributed by atoms with Crippen LogP contribution in [0.2, 0.25) is 0 Å². The van der Waals surface area contributed by atoms with Gasteiger partial charge in [0.15, 0.2) is 0 Å². The number of carbonyl (C=O) groups excluding carboxylic acids is 1. The Morgan fingerprint density at radius 2 is 2.16 bits per heavy atom. The Kier molecular flexibility index (Phi) is 5.86. The van der Waals surface area contributed by atoms with Crippen molar-refractivity contribution in [1.29, 1.82) is 0 Å². The van der Waals surface area contributed by atoms with Crippen molar-refractivity contribution in [3.63, 3.8) is 0 Å². The van der Waals surface area contributed by atoms with Crippen LogP contribution in [-0.2, 0) is 11.3 Å². The highest BCUT2D eigenvalue weighted by molar-refractivity contribution is 7.12. The van der Waals surface area contributed by atoms with E-state index in [1.165, 1.54) is 11.3 Å². The van der Waals surface area contributed by atoms with E-state index in [4.69, 9.17) is 5.11 Å². The Hall–Kier alpha value is -1.52. The molecule has 0 fully saturated rings. The zero-order chi connectivity index (χ0) is 14.3. The Bertz CT molecular complexity index is 485. The van der Waals surface area contributed by atoms with Gasteiger partial charge in [0.2, 0.25) is 5.91 Å². The molecular formula is C12H12F3NO2S. The topological polar surface area (TPSA) is 49.3 Å². The number of alkyl halides is 3. The minimum Gasteiger partial charge on any atom is -0.384 e. The van der Waals surface area contributed by atoms with Gasteiger partial charge in [-0.05, 0) is 12.1 Å². The van der Waals surface area contributed by atoms with Gasteiger partial charge in [0.05, 0.1) is 17.8 Å². The van der Waals surface area contributed by atoms with Crippen LogP contribution in [-0.4, -0.2) is 23.8 Å². The normalized spacial score (nSPS) is 10.7. The molecule has 0 saturated heterocycles. The number of hydrogen-bond acceptors (Lipinski definition) is 3. The van der Waals surface area contributed by atoms with Crippen molar-refractivity contribution in [3.05, 3.63) is 21.9 Å². The van der Waals surface area contributed by atoms with Gasteiger partial charge in [-0.25, -0.2) is 0 Å². The maximum Gasteiger partial charge on any atom is 0.389 e. The maximum atomic E-state index is 11.9. The molecule has 0 saturated carbocycles. The molecule has 1 aromatic heterocycles. The van der Waals surface area contributed by atoms with E-state index in [0.29, 0.717) is 0 Å². The number of amides is 1. The number of halogens is 3. The average molecular weight is 291 g/mol. The lowest BCUT2D eigenvalue weighted by Crippen LogP contribution is -2.24. The second kappa shape index (κ2) is 7.16. The smallest absolute Gasteiger partial charge is 0.384 e. The summed E-state index contributed by atoms with van der Waals surface area (Å²) in [5.74, 6) is 4.56. The maximum absolute atomic E-state index is 11.9. The van der Waals surface area contributed by atoms with Crippen LogP contribution in [0.25, 0.3) is 0 Å². The summed E-state index contributed by atoms with van der Waals surface area (Å²) in [6, 6.07) is 3.46. The van der Waals surface area contributed by atoms with Gasteiger partial charge in [0.1, 0.15) is 6.61 Å². The van der Waals surface area contributed by atoms with Gasteiger partial charge in [-0.3, -0.25) is 4.79 Å². The van der Waals surface area contributed by atoms with E-state index < -0.39 is 24.9 Å². The molecule has 0 atom stereocenters. The predicted octanol–water partition coefficient (Wildman–Crippen LogP) is 2.05. The third-order valence-corrected chi connectivity index (χ3v) is 3.05. The van der Waals surface area contributed by atoms with Crippen LogP contribution in [0, 0.1) is 11.8 Å². The quantitative estimate of drug-likeness (QED) is 0.834. The third-order valence-electron chi connectivity index (χ3n) is 2.05. The lowest BCUT2D eigenvalue weighted by atomic mass is 10.3. The summed E-state index contributed by atoms with van der Waals surface area (Å²) in [7, 11) is 0. The number of thiophene rings is 1. The van der Waals surface area contributed by atoms with Gasteiger partial charge in [0.25, 0.3) is 0 Å². The van der Waals surface area contributed by atoms with Gasteiger partial charge in [-0.1, -0.05) is 11.8 Å². The molecule has 1 heterocycles. The molecule has 3 nitrogen and oxygen atoms in total. The van der Waals surface area contributed by atoms with E-state index in [0.717, 1.165) is 9.75 Å². The minimum absolute atomic E-state index is 0.183. The van der Waals surface area contributed by atoms with Crippen LogP contribution in [0.1, 0.15) is 22.6 Å². The predicted molar refractivity (Wildman–Crippen MR) is 65.4 cm³/mol. The van der Waals surface area contributed by atoms with E-state index in [9.17, 15) is 18.0 Å². The number of hydrogen-bond donors (Lipinski definition) is 2. The van der Waals surface area contributed by atoms with Crippen molar-refractivity contribution in [1.82, 2.24) is 5.32 Å². The molecule has 0 bridgehead atoms. The summed E-state index contributed by atoms with van der Waals surface area (Å²) in [6.45, 7) is -0.0520. The molecule has 0 aliphatic heterocycles. The van der Waals surface area contributed by atoms with Crippen LogP contribution in [0.15, 0.2) is 12.1 Å². The third kappa shape index (κ3) is 6.84. The number of aliphatic hydroxyl groups is 1. The molecule has 0 aliphatic rings. The Morgan fingerprint density at radius 1 is 1.42 bits per heavy atom. The standard InChI is InChI=1S/C12H12F3NO2S/c13-12(14,15)6-5-11(18)16-8-10-4-3-9(19-10)2-1-7-17/h3-4,17H,5-8H2,(H,16,18). The number of carbonyl (C=O) groups is 1. The molecule has 0 unspecified atom stereocenters. The molecule has 0 radical (unpaired) electrons. The monoisotopic (exact) mass is 291 g/mol. The average Bonchev–Trinajstić information content (AvgIpc) is 2.78. The zero-order valence-corrected chi connectivity index (χ0v) is 10.7. The first-order chi connectivity index (χ1) is 8.90. The van der Waals surface area contributed by atoms with Gasteiger partial charge in [-0.2, -0.15) is 13.2 Å². The zero-order valence-electron chi connectivity index (χ0n) is 9.88. The van der Waals surface area contributed by atoms with Crippen molar-refractivity contribution in [2.75, 3.05) is 6.61 Å². The SMILES string of the molecule is O=C(CCC(F)(F)F)NCc1ccc(C#CCO)s1. The van der Waals surface area contributed by atoms with Crippen LogP contribution in [0.5, 0.6) is 0 Å². The Labute approximate surface area is 112 Å². The van der Waals surface area contributed by atoms with Gasteiger partial charge in [-0.15, -0.1) is 11.3 Å². The van der Waals surface area contributed by atoms with E-state index in [2.05, 4.69) is 17.2 Å². The molecule has 2 N–H and O–H groups in total. The lowest BCUT2D eigenvalue weighted by Gasteiger charge is -2.06. The fourth-order valence-corrected chi connectivity index (χ4v) is 2.02.